The van der Waals surface area contributed by atoms with E-state index in [9.17, 15) is 4.39 Å². The topological polar surface area (TPSA) is 80.5 Å². The lowest BCUT2D eigenvalue weighted by molar-refractivity contribution is 0.605. The Kier molecular flexibility index (Phi) is 6.24. The molecule has 2 aromatic rings. The fraction of sp³-hybridized carbons (Fsp3) is 0.217. The molecule has 0 radical (unpaired) electrons. The highest BCUT2D eigenvalue weighted by molar-refractivity contribution is 6.01. The lowest BCUT2D eigenvalue weighted by atomic mass is 10.0. The molecule has 4 N–H and O–H groups in total. The van der Waals surface area contributed by atoms with Gasteiger partial charge in [0.1, 0.15) is 5.82 Å². The molecule has 1 fully saturated rings. The van der Waals surface area contributed by atoms with Gasteiger partial charge in [0.2, 0.25) is 0 Å². The van der Waals surface area contributed by atoms with Gasteiger partial charge in [-0.05, 0) is 55.7 Å². The predicted octanol–water partition coefficient (Wildman–Crippen LogP) is 4.34. The fourth-order valence-corrected chi connectivity index (χ4v) is 3.18. The van der Waals surface area contributed by atoms with Gasteiger partial charge >= 0.3 is 0 Å². The largest absolute Gasteiger partial charge is 0.404 e. The van der Waals surface area contributed by atoms with Crippen molar-refractivity contribution in [2.75, 3.05) is 5.01 Å². The van der Waals surface area contributed by atoms with Gasteiger partial charge in [-0.3, -0.25) is 10.0 Å². The third kappa shape index (κ3) is 4.78. The van der Waals surface area contributed by atoms with Crippen LogP contribution >= 0.6 is 0 Å². The van der Waals surface area contributed by atoms with Crippen LogP contribution in [0.1, 0.15) is 30.9 Å². The van der Waals surface area contributed by atoms with Crippen LogP contribution in [0.4, 0.5) is 10.2 Å². The molecule has 0 saturated heterocycles. The minimum atomic E-state index is -0.315. The number of benzene rings is 1. The minimum Gasteiger partial charge on any atom is -0.404 e. The number of nitrogens with zero attached hydrogens (tertiary/aromatic N) is 3. The van der Waals surface area contributed by atoms with Crippen LogP contribution in [-0.4, -0.2) is 10.7 Å². The molecule has 1 aromatic carbocycles. The van der Waals surface area contributed by atoms with Gasteiger partial charge in [-0.2, -0.15) is 0 Å². The summed E-state index contributed by atoms with van der Waals surface area (Å²) in [5.41, 5.74) is 9.93. The number of hydrazine groups is 1. The van der Waals surface area contributed by atoms with Gasteiger partial charge in [-0.15, -0.1) is 0 Å². The van der Waals surface area contributed by atoms with Crippen LogP contribution in [0.2, 0.25) is 0 Å². The van der Waals surface area contributed by atoms with Crippen molar-refractivity contribution in [2.45, 2.75) is 26.3 Å². The number of aromatic nitrogens is 1. The molecule has 3 rings (SSSR count). The number of allylic oxidation sites excluding steroid dienone is 2. The Labute approximate surface area is 170 Å². The van der Waals surface area contributed by atoms with Crippen LogP contribution in [0, 0.1) is 11.7 Å². The summed E-state index contributed by atoms with van der Waals surface area (Å²) in [6.07, 6.45) is 5.52. The first-order chi connectivity index (χ1) is 13.9. The van der Waals surface area contributed by atoms with Gasteiger partial charge in [0.15, 0.2) is 5.82 Å². The summed E-state index contributed by atoms with van der Waals surface area (Å²) in [7, 11) is 0. The standard InChI is InChI=1S/C23H26FN5/c1-15(16(2)28-17(3)21(13-25)18-10-11-18)20-8-6-12-27-23(20)29(26)14-19-7-4-5-9-22(19)24/h4-9,12-13,18H,1-2,10-11,14,25-26H2,3H3/b21-13+,28-17-. The highest BCUT2D eigenvalue weighted by atomic mass is 19.1. The fourth-order valence-electron chi connectivity index (χ4n) is 3.18. The molecular formula is C23H26FN5. The van der Waals surface area contributed by atoms with Crippen LogP contribution in [0.5, 0.6) is 0 Å². The highest BCUT2D eigenvalue weighted by Crippen LogP contribution is 2.37. The molecule has 29 heavy (non-hydrogen) atoms. The van der Waals surface area contributed by atoms with E-state index in [1.165, 1.54) is 11.1 Å². The van der Waals surface area contributed by atoms with E-state index < -0.39 is 0 Å². The molecule has 1 saturated carbocycles. The van der Waals surface area contributed by atoms with E-state index in [-0.39, 0.29) is 12.4 Å². The van der Waals surface area contributed by atoms with Crippen molar-refractivity contribution >= 4 is 17.1 Å². The first-order valence-electron chi connectivity index (χ1n) is 9.49. The van der Waals surface area contributed by atoms with Crippen molar-refractivity contribution in [3.8, 4) is 0 Å². The van der Waals surface area contributed by atoms with E-state index in [0.717, 1.165) is 24.1 Å². The van der Waals surface area contributed by atoms with Gasteiger partial charge in [0.05, 0.1) is 12.2 Å². The summed E-state index contributed by atoms with van der Waals surface area (Å²) in [5.74, 6) is 6.87. The van der Waals surface area contributed by atoms with Crippen LogP contribution in [0.15, 0.2) is 78.2 Å². The molecule has 0 aliphatic heterocycles. The average Bonchev–Trinajstić information content (AvgIpc) is 3.54. The molecule has 0 spiro atoms. The van der Waals surface area contributed by atoms with Crippen molar-refractivity contribution in [3.63, 3.8) is 0 Å². The number of aliphatic imine (C=N–C) groups is 1. The molecule has 0 bridgehead atoms. The molecule has 1 aromatic heterocycles. The summed E-state index contributed by atoms with van der Waals surface area (Å²) >= 11 is 0. The highest BCUT2D eigenvalue weighted by Gasteiger charge is 2.27. The summed E-state index contributed by atoms with van der Waals surface area (Å²) in [6, 6.07) is 10.2. The second-order valence-electron chi connectivity index (χ2n) is 7.11. The Hall–Kier alpha value is -3.25. The molecular weight excluding hydrogens is 365 g/mol. The van der Waals surface area contributed by atoms with Crippen molar-refractivity contribution < 1.29 is 4.39 Å². The maximum Gasteiger partial charge on any atom is 0.150 e. The lowest BCUT2D eigenvalue weighted by Crippen LogP contribution is -2.32. The lowest BCUT2D eigenvalue weighted by Gasteiger charge is -2.22. The zero-order valence-corrected chi connectivity index (χ0v) is 16.6. The molecule has 0 unspecified atom stereocenters. The maximum atomic E-state index is 14.0. The summed E-state index contributed by atoms with van der Waals surface area (Å²) in [5, 5.41) is 1.40. The second kappa shape index (κ2) is 8.84. The van der Waals surface area contributed by atoms with Gasteiger partial charge in [0.25, 0.3) is 0 Å². The third-order valence-corrected chi connectivity index (χ3v) is 4.95. The van der Waals surface area contributed by atoms with E-state index >= 15 is 0 Å². The van der Waals surface area contributed by atoms with Crippen molar-refractivity contribution in [2.24, 2.45) is 22.5 Å². The Bertz CT molecular complexity index is 988. The quantitative estimate of drug-likeness (QED) is 0.304. The van der Waals surface area contributed by atoms with Crippen molar-refractivity contribution in [3.05, 3.63) is 90.2 Å². The first-order valence-corrected chi connectivity index (χ1v) is 9.49. The van der Waals surface area contributed by atoms with E-state index in [2.05, 4.69) is 23.1 Å². The number of rotatable bonds is 8. The monoisotopic (exact) mass is 391 g/mol. The van der Waals surface area contributed by atoms with Crippen LogP contribution in [-0.2, 0) is 6.54 Å². The molecule has 1 aliphatic carbocycles. The molecule has 6 heteroatoms. The number of halogens is 1. The minimum absolute atomic E-state index is 0.167. The Balaban J connectivity index is 1.83. The maximum absolute atomic E-state index is 14.0. The number of hydrogen-bond donors (Lipinski definition) is 2. The summed E-state index contributed by atoms with van der Waals surface area (Å²) in [6.45, 7) is 10.3. The van der Waals surface area contributed by atoms with Crippen LogP contribution in [0.3, 0.4) is 0 Å². The zero-order valence-electron chi connectivity index (χ0n) is 16.6. The van der Waals surface area contributed by atoms with E-state index in [1.807, 2.05) is 13.0 Å². The molecule has 150 valence electrons. The third-order valence-electron chi connectivity index (χ3n) is 4.95. The van der Waals surface area contributed by atoms with Gasteiger partial charge in [0, 0.05) is 28.6 Å². The first kappa shape index (κ1) is 20.5. The number of hydrogen-bond acceptors (Lipinski definition) is 5. The predicted molar refractivity (Wildman–Crippen MR) is 117 cm³/mol. The van der Waals surface area contributed by atoms with Crippen molar-refractivity contribution in [1.29, 1.82) is 0 Å². The number of anilines is 1. The SMILES string of the molecule is C=C(/N=C(C)\C(=C/N)C1CC1)C(=C)c1cccnc1N(N)Cc1ccccc1F. The Morgan fingerprint density at radius 2 is 2.00 bits per heavy atom. The molecule has 1 heterocycles. The normalized spacial score (nSPS) is 14.6. The smallest absolute Gasteiger partial charge is 0.150 e. The Morgan fingerprint density at radius 1 is 1.28 bits per heavy atom. The van der Waals surface area contributed by atoms with E-state index in [4.69, 9.17) is 11.6 Å². The van der Waals surface area contributed by atoms with E-state index in [1.54, 1.807) is 36.7 Å². The molecule has 1 aliphatic rings. The van der Waals surface area contributed by atoms with Gasteiger partial charge in [-0.1, -0.05) is 31.4 Å². The zero-order chi connectivity index (χ0) is 21.0. The molecule has 5 nitrogen and oxygen atoms in total. The van der Waals surface area contributed by atoms with Gasteiger partial charge in [-0.25, -0.2) is 15.2 Å². The van der Waals surface area contributed by atoms with Gasteiger partial charge < -0.3 is 5.73 Å². The molecule has 0 amide bonds. The number of nitrogens with two attached hydrogens (primary N) is 2. The number of pyridine rings is 1. The average molecular weight is 391 g/mol. The summed E-state index contributed by atoms with van der Waals surface area (Å²) in [4.78, 5) is 8.98. The molecule has 0 atom stereocenters. The van der Waals surface area contributed by atoms with Crippen LogP contribution in [0.25, 0.3) is 5.57 Å². The van der Waals surface area contributed by atoms with Crippen LogP contribution < -0.4 is 16.6 Å². The van der Waals surface area contributed by atoms with Crippen molar-refractivity contribution in [1.82, 2.24) is 4.98 Å². The summed E-state index contributed by atoms with van der Waals surface area (Å²) < 4.78 is 14.0. The Morgan fingerprint density at radius 3 is 2.66 bits per heavy atom. The van der Waals surface area contributed by atoms with E-state index in [0.29, 0.717) is 34.1 Å². The second-order valence-corrected chi connectivity index (χ2v) is 7.11.